The van der Waals surface area contributed by atoms with E-state index in [1.807, 2.05) is 38.1 Å². The smallest absolute Gasteiger partial charge is 0.252 e. The molecule has 0 aliphatic heterocycles. The molecule has 0 aliphatic carbocycles. The van der Waals surface area contributed by atoms with Gasteiger partial charge in [0.1, 0.15) is 0 Å². The van der Waals surface area contributed by atoms with Crippen LogP contribution in [-0.2, 0) is 0 Å². The van der Waals surface area contributed by atoms with E-state index < -0.39 is 0 Å². The molecule has 0 aromatic heterocycles. The summed E-state index contributed by atoms with van der Waals surface area (Å²) >= 11 is 0. The molecule has 2 aromatic rings. The van der Waals surface area contributed by atoms with E-state index in [0.717, 1.165) is 16.7 Å². The van der Waals surface area contributed by atoms with Crippen LogP contribution in [-0.4, -0.2) is 5.91 Å². The van der Waals surface area contributed by atoms with Gasteiger partial charge in [-0.2, -0.15) is 0 Å². The highest BCUT2D eigenvalue weighted by molar-refractivity contribution is 5.95. The summed E-state index contributed by atoms with van der Waals surface area (Å²) in [6, 6.07) is 14.0. The first-order valence-corrected chi connectivity index (χ1v) is 6.92. The number of rotatable bonds is 3. The average Bonchev–Trinajstić information content (AvgIpc) is 2.42. The Morgan fingerprint density at radius 2 is 1.65 bits per heavy atom. The molecular formula is C18H21NO. The minimum Gasteiger partial charge on any atom is -0.346 e. The maximum absolute atomic E-state index is 12.3. The quantitative estimate of drug-likeness (QED) is 0.891. The fraction of sp³-hybridized carbons (Fsp3) is 0.278. The lowest BCUT2D eigenvalue weighted by Gasteiger charge is -2.16. The van der Waals surface area contributed by atoms with E-state index in [0.29, 0.717) is 0 Å². The van der Waals surface area contributed by atoms with Crippen LogP contribution in [0.3, 0.4) is 0 Å². The third-order valence-electron chi connectivity index (χ3n) is 3.77. The second kappa shape index (κ2) is 5.91. The highest BCUT2D eigenvalue weighted by Crippen LogP contribution is 2.17. The number of hydrogen-bond acceptors (Lipinski definition) is 1. The van der Waals surface area contributed by atoms with E-state index >= 15 is 0 Å². The first-order valence-electron chi connectivity index (χ1n) is 6.92. The number of carbonyl (C=O) groups is 1. The van der Waals surface area contributed by atoms with Crippen molar-refractivity contribution in [1.82, 2.24) is 5.32 Å². The summed E-state index contributed by atoms with van der Waals surface area (Å²) in [6.45, 7) is 8.15. The van der Waals surface area contributed by atoms with Gasteiger partial charge in [-0.05, 0) is 56.0 Å². The average molecular weight is 267 g/mol. The molecule has 0 heterocycles. The van der Waals surface area contributed by atoms with Crippen molar-refractivity contribution >= 4 is 5.91 Å². The highest BCUT2D eigenvalue weighted by Gasteiger charge is 2.13. The summed E-state index contributed by atoms with van der Waals surface area (Å²) in [5, 5.41) is 3.06. The molecule has 0 saturated heterocycles. The van der Waals surface area contributed by atoms with Crippen molar-refractivity contribution in [2.45, 2.75) is 33.7 Å². The van der Waals surface area contributed by atoms with Gasteiger partial charge in [0, 0.05) is 5.56 Å². The topological polar surface area (TPSA) is 29.1 Å². The van der Waals surface area contributed by atoms with Crippen LogP contribution in [0.25, 0.3) is 0 Å². The highest BCUT2D eigenvalue weighted by atomic mass is 16.1. The molecule has 20 heavy (non-hydrogen) atoms. The minimum atomic E-state index is -0.0196. The maximum Gasteiger partial charge on any atom is 0.252 e. The number of carbonyl (C=O) groups excluding carboxylic acids is 1. The lowest BCUT2D eigenvalue weighted by Crippen LogP contribution is -2.27. The van der Waals surface area contributed by atoms with Crippen molar-refractivity contribution in [3.63, 3.8) is 0 Å². The van der Waals surface area contributed by atoms with Crippen LogP contribution in [0.1, 0.15) is 45.6 Å². The Morgan fingerprint density at radius 3 is 2.30 bits per heavy atom. The summed E-state index contributed by atoms with van der Waals surface area (Å²) in [7, 11) is 0. The van der Waals surface area contributed by atoms with Gasteiger partial charge >= 0.3 is 0 Å². The Kier molecular flexibility index (Phi) is 4.23. The molecule has 0 bridgehead atoms. The Hall–Kier alpha value is -2.09. The van der Waals surface area contributed by atoms with E-state index in [1.54, 1.807) is 0 Å². The second-order valence-electron chi connectivity index (χ2n) is 5.35. The third-order valence-corrected chi connectivity index (χ3v) is 3.77. The first-order chi connectivity index (χ1) is 9.49. The van der Waals surface area contributed by atoms with Gasteiger partial charge in [0.25, 0.3) is 5.91 Å². The molecule has 0 aliphatic rings. The zero-order chi connectivity index (χ0) is 14.7. The molecule has 0 spiro atoms. The van der Waals surface area contributed by atoms with Gasteiger partial charge < -0.3 is 5.32 Å². The van der Waals surface area contributed by atoms with Crippen molar-refractivity contribution in [2.75, 3.05) is 0 Å². The normalized spacial score (nSPS) is 12.0. The van der Waals surface area contributed by atoms with Gasteiger partial charge in [-0.25, -0.2) is 0 Å². The zero-order valence-corrected chi connectivity index (χ0v) is 12.5. The summed E-state index contributed by atoms with van der Waals surface area (Å²) in [6.07, 6.45) is 0. The molecular weight excluding hydrogens is 246 g/mol. The molecule has 104 valence electrons. The molecule has 2 heteroatoms. The summed E-state index contributed by atoms with van der Waals surface area (Å²) in [5.41, 5.74) is 5.39. The van der Waals surface area contributed by atoms with Crippen molar-refractivity contribution in [1.29, 1.82) is 0 Å². The molecule has 0 unspecified atom stereocenters. The van der Waals surface area contributed by atoms with Crippen LogP contribution < -0.4 is 5.32 Å². The first kappa shape index (κ1) is 14.3. The SMILES string of the molecule is Cc1ccc([C@H](C)NC(=O)c2ccccc2C)cc1C. The Morgan fingerprint density at radius 1 is 0.950 bits per heavy atom. The number of hydrogen-bond donors (Lipinski definition) is 1. The van der Waals surface area contributed by atoms with Gasteiger partial charge in [0.2, 0.25) is 0 Å². The van der Waals surface area contributed by atoms with Gasteiger partial charge in [0.05, 0.1) is 6.04 Å². The maximum atomic E-state index is 12.3. The molecule has 1 N–H and O–H groups in total. The molecule has 0 fully saturated rings. The van der Waals surface area contributed by atoms with Crippen molar-refractivity contribution in [2.24, 2.45) is 0 Å². The van der Waals surface area contributed by atoms with Crippen LogP contribution in [0, 0.1) is 20.8 Å². The third kappa shape index (κ3) is 3.08. The van der Waals surface area contributed by atoms with Gasteiger partial charge in [-0.15, -0.1) is 0 Å². The summed E-state index contributed by atoms with van der Waals surface area (Å²) < 4.78 is 0. The zero-order valence-electron chi connectivity index (χ0n) is 12.5. The van der Waals surface area contributed by atoms with E-state index in [4.69, 9.17) is 0 Å². The lowest BCUT2D eigenvalue weighted by atomic mass is 10.0. The standard InChI is InChI=1S/C18H21NO/c1-12-9-10-16(11-14(12)3)15(4)19-18(20)17-8-6-5-7-13(17)2/h5-11,15H,1-4H3,(H,19,20)/t15-/m0/s1. The van der Waals surface area contributed by atoms with E-state index in [2.05, 4.69) is 37.4 Å². The second-order valence-corrected chi connectivity index (χ2v) is 5.35. The van der Waals surface area contributed by atoms with Crippen molar-refractivity contribution < 1.29 is 4.79 Å². The molecule has 2 nitrogen and oxygen atoms in total. The van der Waals surface area contributed by atoms with Crippen LogP contribution in [0.5, 0.6) is 0 Å². The fourth-order valence-electron chi connectivity index (χ4n) is 2.22. The molecule has 0 saturated carbocycles. The Labute approximate surface area is 120 Å². The number of benzene rings is 2. The van der Waals surface area contributed by atoms with Crippen LogP contribution in [0.2, 0.25) is 0 Å². The fourth-order valence-corrected chi connectivity index (χ4v) is 2.22. The van der Waals surface area contributed by atoms with E-state index in [9.17, 15) is 4.79 Å². The van der Waals surface area contributed by atoms with Crippen molar-refractivity contribution in [3.05, 3.63) is 70.3 Å². The van der Waals surface area contributed by atoms with E-state index in [-0.39, 0.29) is 11.9 Å². The van der Waals surface area contributed by atoms with Gasteiger partial charge in [-0.1, -0.05) is 36.4 Å². The molecule has 1 atom stereocenters. The summed E-state index contributed by atoms with van der Waals surface area (Å²) in [5.74, 6) is -0.0196. The molecule has 2 aromatic carbocycles. The van der Waals surface area contributed by atoms with E-state index in [1.165, 1.54) is 11.1 Å². The van der Waals surface area contributed by atoms with Gasteiger partial charge in [-0.3, -0.25) is 4.79 Å². The molecule has 1 amide bonds. The number of amides is 1. The minimum absolute atomic E-state index is 0.00130. The van der Waals surface area contributed by atoms with Gasteiger partial charge in [0.15, 0.2) is 0 Å². The van der Waals surface area contributed by atoms with Crippen LogP contribution >= 0.6 is 0 Å². The number of aryl methyl sites for hydroxylation is 3. The lowest BCUT2D eigenvalue weighted by molar-refractivity contribution is 0.0939. The Balaban J connectivity index is 2.15. The monoisotopic (exact) mass is 267 g/mol. The van der Waals surface area contributed by atoms with Crippen LogP contribution in [0.4, 0.5) is 0 Å². The van der Waals surface area contributed by atoms with Crippen molar-refractivity contribution in [3.8, 4) is 0 Å². The molecule has 2 rings (SSSR count). The van der Waals surface area contributed by atoms with Crippen LogP contribution in [0.15, 0.2) is 42.5 Å². The largest absolute Gasteiger partial charge is 0.346 e. The Bertz CT molecular complexity index is 631. The molecule has 0 radical (unpaired) electrons. The predicted octanol–water partition coefficient (Wildman–Crippen LogP) is 4.10. The predicted molar refractivity (Wildman–Crippen MR) is 83.0 cm³/mol. The summed E-state index contributed by atoms with van der Waals surface area (Å²) in [4.78, 5) is 12.3. The number of nitrogens with one attached hydrogen (secondary N) is 1.